The maximum absolute atomic E-state index is 12.0. The summed E-state index contributed by atoms with van der Waals surface area (Å²) in [6.45, 7) is 3.91. The second-order valence-corrected chi connectivity index (χ2v) is 5.52. The van der Waals surface area contributed by atoms with E-state index in [0.29, 0.717) is 24.0 Å². The van der Waals surface area contributed by atoms with Crippen LogP contribution in [-0.2, 0) is 14.4 Å². The quantitative estimate of drug-likeness (QED) is 0.792. The largest absolute Gasteiger partial charge is 0.481 e. The number of aliphatic carboxylic acids is 1. The molecule has 0 fully saturated rings. The van der Waals surface area contributed by atoms with Crippen molar-refractivity contribution in [3.05, 3.63) is 11.1 Å². The number of carboxylic acid groups (broad SMARTS) is 1. The van der Waals surface area contributed by atoms with Crippen molar-refractivity contribution in [3.8, 4) is 0 Å². The van der Waals surface area contributed by atoms with Crippen LogP contribution in [-0.4, -0.2) is 22.6 Å². The molecule has 1 N–H and O–H groups in total. The van der Waals surface area contributed by atoms with Crippen LogP contribution >= 0.6 is 0 Å². The van der Waals surface area contributed by atoms with Crippen molar-refractivity contribution in [1.82, 2.24) is 0 Å². The van der Waals surface area contributed by atoms with Gasteiger partial charge < -0.3 is 5.11 Å². The van der Waals surface area contributed by atoms with Crippen molar-refractivity contribution in [3.63, 3.8) is 0 Å². The minimum absolute atomic E-state index is 0.0311. The van der Waals surface area contributed by atoms with Crippen LogP contribution in [0.4, 0.5) is 0 Å². The van der Waals surface area contributed by atoms with E-state index in [-0.39, 0.29) is 29.8 Å². The molecule has 2 rings (SSSR count). The highest BCUT2D eigenvalue weighted by atomic mass is 16.4. The van der Waals surface area contributed by atoms with E-state index in [1.165, 1.54) is 0 Å². The summed E-state index contributed by atoms with van der Waals surface area (Å²) in [5, 5.41) is 8.82. The van der Waals surface area contributed by atoms with E-state index < -0.39 is 11.9 Å². The molecule has 2 aliphatic rings. The number of carboxylic acids is 1. The van der Waals surface area contributed by atoms with E-state index in [0.717, 1.165) is 0 Å². The number of hydrogen-bond acceptors (Lipinski definition) is 3. The van der Waals surface area contributed by atoms with E-state index in [9.17, 15) is 14.4 Å². The third kappa shape index (κ3) is 1.92. The predicted molar refractivity (Wildman–Crippen MR) is 60.4 cm³/mol. The van der Waals surface area contributed by atoms with Gasteiger partial charge in [0.1, 0.15) is 0 Å². The van der Waals surface area contributed by atoms with Crippen LogP contribution in [0.25, 0.3) is 0 Å². The Morgan fingerprint density at radius 2 is 2.00 bits per heavy atom. The van der Waals surface area contributed by atoms with Crippen molar-refractivity contribution in [2.24, 2.45) is 11.3 Å². The SMILES string of the molecule is CC1(C)CCC(=O)C2=C1C(=O)C[C@@H]2CC(=O)O. The highest BCUT2D eigenvalue weighted by Gasteiger charge is 2.45. The second kappa shape index (κ2) is 3.79. The smallest absolute Gasteiger partial charge is 0.303 e. The van der Waals surface area contributed by atoms with Gasteiger partial charge in [0.05, 0.1) is 6.42 Å². The van der Waals surface area contributed by atoms with Crippen molar-refractivity contribution < 1.29 is 19.5 Å². The molecule has 4 heteroatoms. The molecule has 0 saturated carbocycles. The predicted octanol–water partition coefficient (Wildman–Crippen LogP) is 1.74. The second-order valence-electron chi connectivity index (χ2n) is 5.52. The molecule has 0 aromatic heterocycles. The Bertz CT molecular complexity index is 442. The molecule has 0 radical (unpaired) electrons. The maximum atomic E-state index is 12.0. The summed E-state index contributed by atoms with van der Waals surface area (Å²) in [6.07, 6.45) is 1.17. The molecule has 0 aromatic rings. The number of carbonyl (C=O) groups is 3. The lowest BCUT2D eigenvalue weighted by Crippen LogP contribution is -2.28. The first kappa shape index (κ1) is 12.0. The molecule has 0 aliphatic heterocycles. The Morgan fingerprint density at radius 1 is 1.35 bits per heavy atom. The molecule has 17 heavy (non-hydrogen) atoms. The Labute approximate surface area is 99.7 Å². The van der Waals surface area contributed by atoms with Gasteiger partial charge in [-0.25, -0.2) is 0 Å². The average molecular weight is 236 g/mol. The molecule has 0 saturated heterocycles. The number of Topliss-reactive ketones (excluding diaryl/α,β-unsaturated/α-hetero) is 2. The highest BCUT2D eigenvalue weighted by molar-refractivity contribution is 6.12. The summed E-state index contributed by atoms with van der Waals surface area (Å²) in [6, 6.07) is 0. The summed E-state index contributed by atoms with van der Waals surface area (Å²) in [7, 11) is 0. The standard InChI is InChI=1S/C13H16O4/c1-13(2)4-3-8(14)11-7(6-10(16)17)5-9(15)12(11)13/h7H,3-6H2,1-2H3,(H,16,17)/t7-/m1/s1. The fraction of sp³-hybridized carbons (Fsp3) is 0.615. The number of carbonyl (C=O) groups excluding carboxylic acids is 2. The molecule has 0 amide bonds. The molecular weight excluding hydrogens is 220 g/mol. The molecule has 0 unspecified atom stereocenters. The van der Waals surface area contributed by atoms with Gasteiger partial charge in [-0.15, -0.1) is 0 Å². The molecule has 1 atom stereocenters. The van der Waals surface area contributed by atoms with E-state index in [2.05, 4.69) is 0 Å². The zero-order valence-corrected chi connectivity index (χ0v) is 10.1. The lowest BCUT2D eigenvalue weighted by atomic mass is 9.71. The first-order valence-electron chi connectivity index (χ1n) is 5.86. The summed E-state index contributed by atoms with van der Waals surface area (Å²) < 4.78 is 0. The Morgan fingerprint density at radius 3 is 2.59 bits per heavy atom. The number of hydrogen-bond donors (Lipinski definition) is 1. The van der Waals surface area contributed by atoms with Crippen LogP contribution in [0.1, 0.15) is 39.5 Å². The van der Waals surface area contributed by atoms with Gasteiger partial charge in [0, 0.05) is 29.9 Å². The number of allylic oxidation sites excluding steroid dienone is 2. The lowest BCUT2D eigenvalue weighted by molar-refractivity contribution is -0.137. The topological polar surface area (TPSA) is 71.4 Å². The van der Waals surface area contributed by atoms with Crippen LogP contribution in [0.5, 0.6) is 0 Å². The molecule has 0 bridgehead atoms. The van der Waals surface area contributed by atoms with Crippen molar-refractivity contribution >= 4 is 17.5 Å². The van der Waals surface area contributed by atoms with Crippen LogP contribution in [0.3, 0.4) is 0 Å². The van der Waals surface area contributed by atoms with Crippen LogP contribution < -0.4 is 0 Å². The van der Waals surface area contributed by atoms with E-state index in [1.807, 2.05) is 13.8 Å². The van der Waals surface area contributed by atoms with Gasteiger partial charge in [0.15, 0.2) is 11.6 Å². The molecule has 92 valence electrons. The summed E-state index contributed by atoms with van der Waals surface area (Å²) in [4.78, 5) is 34.6. The Hall–Kier alpha value is -1.45. The fourth-order valence-corrected chi connectivity index (χ4v) is 2.96. The van der Waals surface area contributed by atoms with Crippen LogP contribution in [0.15, 0.2) is 11.1 Å². The van der Waals surface area contributed by atoms with Gasteiger partial charge in [0.25, 0.3) is 0 Å². The number of rotatable bonds is 2. The van der Waals surface area contributed by atoms with Gasteiger partial charge in [-0.3, -0.25) is 14.4 Å². The molecule has 4 nitrogen and oxygen atoms in total. The maximum Gasteiger partial charge on any atom is 0.303 e. The molecule has 0 aromatic carbocycles. The van der Waals surface area contributed by atoms with E-state index in [1.54, 1.807) is 0 Å². The average Bonchev–Trinajstić information content (AvgIpc) is 2.50. The van der Waals surface area contributed by atoms with Gasteiger partial charge in [-0.2, -0.15) is 0 Å². The molecule has 0 heterocycles. The van der Waals surface area contributed by atoms with Crippen molar-refractivity contribution in [2.75, 3.05) is 0 Å². The van der Waals surface area contributed by atoms with Crippen molar-refractivity contribution in [1.29, 1.82) is 0 Å². The highest BCUT2D eigenvalue weighted by Crippen LogP contribution is 2.47. The Kier molecular flexibility index (Phi) is 2.68. The third-order valence-electron chi connectivity index (χ3n) is 3.76. The molecular formula is C13H16O4. The van der Waals surface area contributed by atoms with E-state index in [4.69, 9.17) is 5.11 Å². The van der Waals surface area contributed by atoms with E-state index >= 15 is 0 Å². The summed E-state index contributed by atoms with van der Waals surface area (Å²) >= 11 is 0. The van der Waals surface area contributed by atoms with Crippen LogP contribution in [0.2, 0.25) is 0 Å². The molecule has 2 aliphatic carbocycles. The van der Waals surface area contributed by atoms with Gasteiger partial charge >= 0.3 is 5.97 Å². The minimum Gasteiger partial charge on any atom is -0.481 e. The normalized spacial score (nSPS) is 27.3. The Balaban J connectivity index is 2.45. The minimum atomic E-state index is -0.951. The van der Waals surface area contributed by atoms with Crippen molar-refractivity contribution in [2.45, 2.75) is 39.5 Å². The first-order valence-corrected chi connectivity index (χ1v) is 5.86. The summed E-state index contributed by atoms with van der Waals surface area (Å²) in [5.41, 5.74) is 0.821. The first-order chi connectivity index (χ1) is 7.83. The monoisotopic (exact) mass is 236 g/mol. The van der Waals surface area contributed by atoms with Crippen LogP contribution in [0, 0.1) is 11.3 Å². The number of ketones is 2. The zero-order valence-electron chi connectivity index (χ0n) is 10.1. The van der Waals surface area contributed by atoms with Gasteiger partial charge in [-0.05, 0) is 11.8 Å². The molecule has 0 spiro atoms. The lowest BCUT2D eigenvalue weighted by Gasteiger charge is -2.31. The van der Waals surface area contributed by atoms with Gasteiger partial charge in [-0.1, -0.05) is 13.8 Å². The zero-order chi connectivity index (χ0) is 12.8. The third-order valence-corrected chi connectivity index (χ3v) is 3.76. The summed E-state index contributed by atoms with van der Waals surface area (Å²) in [5.74, 6) is -1.42. The fourth-order valence-electron chi connectivity index (χ4n) is 2.96. The van der Waals surface area contributed by atoms with Gasteiger partial charge in [0.2, 0.25) is 0 Å².